The van der Waals surface area contributed by atoms with Crippen molar-refractivity contribution in [3.8, 4) is 0 Å². The van der Waals surface area contributed by atoms with Crippen molar-refractivity contribution in [3.63, 3.8) is 0 Å². The Morgan fingerprint density at radius 2 is 1.79 bits per heavy atom. The van der Waals surface area contributed by atoms with Crippen LogP contribution in [0.15, 0.2) is 54.6 Å². The molecule has 5 rings (SSSR count). The molecule has 0 bridgehead atoms. The molecule has 3 aliphatic rings. The van der Waals surface area contributed by atoms with Gasteiger partial charge in [-0.25, -0.2) is 4.79 Å². The van der Waals surface area contributed by atoms with E-state index < -0.39 is 5.60 Å². The van der Waals surface area contributed by atoms with E-state index in [-0.39, 0.29) is 17.6 Å². The second kappa shape index (κ2) is 8.70. The lowest BCUT2D eigenvalue weighted by molar-refractivity contribution is 0.0190. The van der Waals surface area contributed by atoms with Crippen molar-refractivity contribution >= 4 is 11.8 Å². The van der Waals surface area contributed by atoms with Crippen molar-refractivity contribution < 1.29 is 9.53 Å². The molecule has 0 aromatic heterocycles. The zero-order valence-corrected chi connectivity index (χ0v) is 20.4. The van der Waals surface area contributed by atoms with Gasteiger partial charge in [-0.05, 0) is 76.5 Å². The third kappa shape index (κ3) is 5.20. The van der Waals surface area contributed by atoms with E-state index in [1.54, 1.807) is 0 Å². The predicted octanol–water partition coefficient (Wildman–Crippen LogP) is 6.40. The molecular formula is C29H38N2O2. The highest BCUT2D eigenvalue weighted by molar-refractivity contribution is 5.70. The van der Waals surface area contributed by atoms with Crippen LogP contribution in [0.3, 0.4) is 0 Å². The highest BCUT2D eigenvalue weighted by Crippen LogP contribution is 2.52. The number of rotatable bonds is 6. The fourth-order valence-electron chi connectivity index (χ4n) is 5.47. The minimum atomic E-state index is -0.479. The molecule has 1 aliphatic heterocycles. The van der Waals surface area contributed by atoms with Gasteiger partial charge in [0.2, 0.25) is 0 Å². The number of ether oxygens (including phenoxy) is 1. The topological polar surface area (TPSA) is 32.8 Å². The molecule has 1 heterocycles. The number of fused-ring (bicyclic) bond motifs is 1. The van der Waals surface area contributed by atoms with E-state index >= 15 is 0 Å². The molecule has 0 saturated heterocycles. The van der Waals surface area contributed by atoms with Gasteiger partial charge in [-0.2, -0.15) is 0 Å². The first-order valence-electron chi connectivity index (χ1n) is 12.7. The number of carbonyl (C=O) groups is 1. The summed E-state index contributed by atoms with van der Waals surface area (Å²) in [7, 11) is 0. The number of anilines is 1. The molecule has 2 fully saturated rings. The number of benzene rings is 2. The standard InChI is InChI=1S/C29H38N2O2/c1-28(2,3)33-27(32)31(26-19-24(26)22-11-5-4-6-12-22)21-29(16-17-29)20-30-18-10-9-14-23-13-7-8-15-25(23)30/h4-8,11-13,15,24,26H,9-10,14,16-21H2,1-3H3/t24-,26+/m1/s1. The summed E-state index contributed by atoms with van der Waals surface area (Å²) >= 11 is 0. The molecule has 1 amide bonds. The Kier molecular flexibility index (Phi) is 5.88. The third-order valence-corrected chi connectivity index (χ3v) is 7.46. The van der Waals surface area contributed by atoms with Crippen molar-refractivity contribution in [2.75, 3.05) is 24.5 Å². The molecule has 0 radical (unpaired) electrons. The van der Waals surface area contributed by atoms with Crippen LogP contribution >= 0.6 is 0 Å². The van der Waals surface area contributed by atoms with Crippen LogP contribution in [-0.2, 0) is 11.2 Å². The largest absolute Gasteiger partial charge is 0.444 e. The highest BCUT2D eigenvalue weighted by atomic mass is 16.6. The smallest absolute Gasteiger partial charge is 0.410 e. The molecule has 2 aliphatic carbocycles. The highest BCUT2D eigenvalue weighted by Gasteiger charge is 2.52. The van der Waals surface area contributed by atoms with Crippen molar-refractivity contribution in [1.29, 1.82) is 0 Å². The van der Waals surface area contributed by atoms with Gasteiger partial charge in [-0.3, -0.25) is 0 Å². The Bertz CT molecular complexity index is 977. The van der Waals surface area contributed by atoms with Crippen LogP contribution in [0.2, 0.25) is 0 Å². The molecule has 0 spiro atoms. The number of aryl methyl sites for hydroxylation is 1. The minimum Gasteiger partial charge on any atom is -0.444 e. The molecule has 2 aromatic rings. The van der Waals surface area contributed by atoms with Gasteiger partial charge in [0.1, 0.15) is 5.60 Å². The number of hydrogen-bond acceptors (Lipinski definition) is 3. The van der Waals surface area contributed by atoms with E-state index in [4.69, 9.17) is 4.74 Å². The van der Waals surface area contributed by atoms with E-state index in [1.165, 1.54) is 48.9 Å². The number of nitrogens with zero attached hydrogens (tertiary/aromatic N) is 2. The van der Waals surface area contributed by atoms with Crippen molar-refractivity contribution in [2.45, 2.75) is 76.9 Å². The molecule has 2 aromatic carbocycles. The second-order valence-corrected chi connectivity index (χ2v) is 11.4. The first-order chi connectivity index (χ1) is 15.8. The van der Waals surface area contributed by atoms with Crippen LogP contribution in [0.4, 0.5) is 10.5 Å². The maximum atomic E-state index is 13.4. The van der Waals surface area contributed by atoms with E-state index in [2.05, 4.69) is 64.4 Å². The molecule has 4 nitrogen and oxygen atoms in total. The molecule has 0 unspecified atom stereocenters. The Labute approximate surface area is 198 Å². The average molecular weight is 447 g/mol. The molecule has 2 atom stereocenters. The zero-order chi connectivity index (χ0) is 23.1. The van der Waals surface area contributed by atoms with Gasteiger partial charge in [0, 0.05) is 42.7 Å². The summed E-state index contributed by atoms with van der Waals surface area (Å²) in [6.07, 6.45) is 6.93. The Balaban J connectivity index is 1.34. The van der Waals surface area contributed by atoms with Crippen LogP contribution in [0, 0.1) is 5.41 Å². The summed E-state index contributed by atoms with van der Waals surface area (Å²) in [5.74, 6) is 0.424. The van der Waals surface area contributed by atoms with E-state index in [1.807, 2.05) is 20.8 Å². The quantitative estimate of drug-likeness (QED) is 0.514. The Morgan fingerprint density at radius 3 is 2.52 bits per heavy atom. The summed E-state index contributed by atoms with van der Waals surface area (Å²) < 4.78 is 5.90. The summed E-state index contributed by atoms with van der Waals surface area (Å²) in [5.41, 5.74) is 3.91. The maximum absolute atomic E-state index is 13.4. The SMILES string of the molecule is CC(C)(C)OC(=O)N(CC1(CN2CCCCc3ccccc32)CC1)[C@H]1C[C@@H]1c1ccccc1. The van der Waals surface area contributed by atoms with Gasteiger partial charge in [-0.1, -0.05) is 48.5 Å². The maximum Gasteiger partial charge on any atom is 0.410 e. The van der Waals surface area contributed by atoms with Gasteiger partial charge in [0.25, 0.3) is 0 Å². The lowest BCUT2D eigenvalue weighted by Crippen LogP contribution is -2.45. The van der Waals surface area contributed by atoms with Crippen molar-refractivity contribution in [1.82, 2.24) is 4.90 Å². The Morgan fingerprint density at radius 1 is 1.06 bits per heavy atom. The van der Waals surface area contributed by atoms with Gasteiger partial charge in [0.05, 0.1) is 0 Å². The number of carbonyl (C=O) groups excluding carboxylic acids is 1. The molecule has 176 valence electrons. The normalized spacial score (nSPS) is 23.3. The summed E-state index contributed by atoms with van der Waals surface area (Å²) in [6.45, 7) is 8.84. The number of hydrogen-bond donors (Lipinski definition) is 0. The molecular weight excluding hydrogens is 408 g/mol. The summed E-state index contributed by atoms with van der Waals surface area (Å²) in [6, 6.07) is 19.8. The van der Waals surface area contributed by atoms with Crippen LogP contribution < -0.4 is 4.90 Å². The van der Waals surface area contributed by atoms with Crippen LogP contribution in [0.5, 0.6) is 0 Å². The lowest BCUT2D eigenvalue weighted by Gasteiger charge is -2.34. The molecule has 4 heteroatoms. The van der Waals surface area contributed by atoms with Crippen molar-refractivity contribution in [3.05, 3.63) is 65.7 Å². The summed E-state index contributed by atoms with van der Waals surface area (Å²) in [5, 5.41) is 0. The van der Waals surface area contributed by atoms with Gasteiger partial charge in [0.15, 0.2) is 0 Å². The van der Waals surface area contributed by atoms with E-state index in [0.29, 0.717) is 5.92 Å². The molecule has 33 heavy (non-hydrogen) atoms. The van der Waals surface area contributed by atoms with Gasteiger partial charge >= 0.3 is 6.09 Å². The van der Waals surface area contributed by atoms with Crippen LogP contribution in [-0.4, -0.2) is 42.3 Å². The fourth-order valence-corrected chi connectivity index (χ4v) is 5.47. The average Bonchev–Trinajstić information content (AvgIpc) is 3.69. The molecule has 2 saturated carbocycles. The van der Waals surface area contributed by atoms with Crippen LogP contribution in [0.1, 0.15) is 69.9 Å². The Hall–Kier alpha value is -2.49. The number of para-hydroxylation sites is 1. The number of amides is 1. The third-order valence-electron chi connectivity index (χ3n) is 7.46. The first-order valence-corrected chi connectivity index (χ1v) is 12.7. The van der Waals surface area contributed by atoms with Gasteiger partial charge < -0.3 is 14.5 Å². The first kappa shape index (κ1) is 22.3. The van der Waals surface area contributed by atoms with Crippen molar-refractivity contribution in [2.24, 2.45) is 5.41 Å². The summed E-state index contributed by atoms with van der Waals surface area (Å²) in [4.78, 5) is 18.0. The zero-order valence-electron chi connectivity index (χ0n) is 20.4. The van der Waals surface area contributed by atoms with E-state index in [0.717, 1.165) is 26.1 Å². The van der Waals surface area contributed by atoms with Crippen LogP contribution in [0.25, 0.3) is 0 Å². The van der Waals surface area contributed by atoms with Gasteiger partial charge in [-0.15, -0.1) is 0 Å². The predicted molar refractivity (Wildman–Crippen MR) is 134 cm³/mol. The molecule has 0 N–H and O–H groups in total. The minimum absolute atomic E-state index is 0.145. The second-order valence-electron chi connectivity index (χ2n) is 11.4. The monoisotopic (exact) mass is 446 g/mol. The lowest BCUT2D eigenvalue weighted by atomic mass is 10.0. The fraction of sp³-hybridized carbons (Fsp3) is 0.552. The van der Waals surface area contributed by atoms with E-state index in [9.17, 15) is 4.79 Å².